The monoisotopic (exact) mass is 271 g/mol. The van der Waals surface area contributed by atoms with E-state index in [0.717, 1.165) is 16.8 Å². The first-order chi connectivity index (χ1) is 7.00. The van der Waals surface area contributed by atoms with Crippen LogP contribution in [0.1, 0.15) is 20.8 Å². The molecule has 1 unspecified atom stereocenters. The molecule has 1 aromatic rings. The van der Waals surface area contributed by atoms with Crippen LogP contribution < -0.4 is 11.1 Å². The molecule has 0 saturated carbocycles. The Kier molecular flexibility index (Phi) is 4.39. The molecule has 1 heterocycles. The Morgan fingerprint density at radius 2 is 2.13 bits per heavy atom. The smallest absolute Gasteiger partial charge is 0.149 e. The zero-order valence-electron chi connectivity index (χ0n) is 9.42. The quantitative estimate of drug-likeness (QED) is 0.885. The number of nitrogens with two attached hydrogens (primary N) is 1. The molecule has 1 aromatic heterocycles. The highest BCUT2D eigenvalue weighted by molar-refractivity contribution is 9.10. The summed E-state index contributed by atoms with van der Waals surface area (Å²) in [7, 11) is 0. The van der Waals surface area contributed by atoms with Gasteiger partial charge in [-0.05, 0) is 33.8 Å². The SMILES string of the molecule is CC(C)C(C)CNc1ncc(Br)cc1N. The van der Waals surface area contributed by atoms with Crippen LogP contribution in [0.5, 0.6) is 0 Å². The fourth-order valence-corrected chi connectivity index (χ4v) is 1.45. The maximum Gasteiger partial charge on any atom is 0.149 e. The van der Waals surface area contributed by atoms with Crippen molar-refractivity contribution in [3.8, 4) is 0 Å². The third-order valence-corrected chi connectivity index (χ3v) is 3.05. The Hall–Kier alpha value is -0.770. The molecule has 15 heavy (non-hydrogen) atoms. The van der Waals surface area contributed by atoms with Crippen LogP contribution in [0.3, 0.4) is 0 Å². The van der Waals surface area contributed by atoms with Crippen molar-refractivity contribution >= 4 is 27.4 Å². The van der Waals surface area contributed by atoms with Crippen LogP contribution in [0.15, 0.2) is 16.7 Å². The lowest BCUT2D eigenvalue weighted by Crippen LogP contribution is -2.17. The largest absolute Gasteiger partial charge is 0.396 e. The molecule has 0 bridgehead atoms. The molecule has 0 spiro atoms. The van der Waals surface area contributed by atoms with Crippen molar-refractivity contribution in [2.45, 2.75) is 20.8 Å². The minimum absolute atomic E-state index is 0.606. The molecule has 4 heteroatoms. The van der Waals surface area contributed by atoms with Crippen molar-refractivity contribution in [1.29, 1.82) is 0 Å². The first-order valence-corrected chi connectivity index (χ1v) is 5.95. The topological polar surface area (TPSA) is 50.9 Å². The van der Waals surface area contributed by atoms with E-state index < -0.39 is 0 Å². The molecule has 3 N–H and O–H groups in total. The fourth-order valence-electron chi connectivity index (χ4n) is 1.10. The Bertz CT molecular complexity index is 326. The predicted octanol–water partition coefficient (Wildman–Crippen LogP) is 3.13. The molecule has 0 aliphatic rings. The summed E-state index contributed by atoms with van der Waals surface area (Å²) in [5.74, 6) is 2.04. The number of halogens is 1. The summed E-state index contributed by atoms with van der Waals surface area (Å²) in [5.41, 5.74) is 6.51. The highest BCUT2D eigenvalue weighted by Crippen LogP contribution is 2.20. The molecule has 1 atom stereocenters. The third kappa shape index (κ3) is 3.70. The number of nitrogen functional groups attached to an aromatic ring is 1. The molecule has 84 valence electrons. The van der Waals surface area contributed by atoms with E-state index in [1.54, 1.807) is 6.20 Å². The van der Waals surface area contributed by atoms with Gasteiger partial charge in [0.2, 0.25) is 0 Å². The normalized spacial score (nSPS) is 12.9. The van der Waals surface area contributed by atoms with Gasteiger partial charge in [-0.15, -0.1) is 0 Å². The van der Waals surface area contributed by atoms with Crippen LogP contribution in [0.25, 0.3) is 0 Å². The molecule has 0 saturated heterocycles. The van der Waals surface area contributed by atoms with Crippen LogP contribution in [-0.4, -0.2) is 11.5 Å². The third-order valence-electron chi connectivity index (χ3n) is 2.61. The van der Waals surface area contributed by atoms with Crippen LogP contribution >= 0.6 is 15.9 Å². The number of anilines is 2. The lowest BCUT2D eigenvalue weighted by Gasteiger charge is -2.17. The van der Waals surface area contributed by atoms with Gasteiger partial charge in [0, 0.05) is 17.2 Å². The number of nitrogens with zero attached hydrogens (tertiary/aromatic N) is 1. The van der Waals surface area contributed by atoms with E-state index in [4.69, 9.17) is 5.73 Å². The minimum Gasteiger partial charge on any atom is -0.396 e. The fraction of sp³-hybridized carbons (Fsp3) is 0.545. The number of nitrogens with one attached hydrogen (secondary N) is 1. The second-order valence-corrected chi connectivity index (χ2v) is 5.11. The van der Waals surface area contributed by atoms with Crippen LogP contribution in [0, 0.1) is 11.8 Å². The molecule has 0 fully saturated rings. The van der Waals surface area contributed by atoms with Crippen LogP contribution in [0.2, 0.25) is 0 Å². The lowest BCUT2D eigenvalue weighted by molar-refractivity contribution is 0.439. The van der Waals surface area contributed by atoms with Crippen LogP contribution in [-0.2, 0) is 0 Å². The van der Waals surface area contributed by atoms with Gasteiger partial charge in [0.1, 0.15) is 5.82 Å². The number of rotatable bonds is 4. The lowest BCUT2D eigenvalue weighted by atomic mass is 9.98. The van der Waals surface area contributed by atoms with Gasteiger partial charge in [-0.3, -0.25) is 0 Å². The number of aromatic nitrogens is 1. The first kappa shape index (κ1) is 12.3. The van der Waals surface area contributed by atoms with Crippen molar-refractivity contribution in [3.05, 3.63) is 16.7 Å². The summed E-state index contributed by atoms with van der Waals surface area (Å²) in [6.07, 6.45) is 1.75. The van der Waals surface area contributed by atoms with Crippen LogP contribution in [0.4, 0.5) is 11.5 Å². The molecule has 0 radical (unpaired) electrons. The molecule has 0 aromatic carbocycles. The van der Waals surface area contributed by atoms with Gasteiger partial charge < -0.3 is 11.1 Å². The molecule has 0 aliphatic carbocycles. The molecule has 1 rings (SSSR count). The highest BCUT2D eigenvalue weighted by Gasteiger charge is 2.08. The van der Waals surface area contributed by atoms with E-state index in [1.165, 1.54) is 0 Å². The minimum atomic E-state index is 0.606. The van der Waals surface area contributed by atoms with Gasteiger partial charge in [-0.2, -0.15) is 0 Å². The predicted molar refractivity (Wildman–Crippen MR) is 68.8 cm³/mol. The van der Waals surface area contributed by atoms with Gasteiger partial charge in [0.15, 0.2) is 0 Å². The first-order valence-electron chi connectivity index (χ1n) is 5.15. The summed E-state index contributed by atoms with van der Waals surface area (Å²) in [6.45, 7) is 7.54. The Morgan fingerprint density at radius 1 is 1.47 bits per heavy atom. The molecule has 3 nitrogen and oxygen atoms in total. The number of pyridine rings is 1. The zero-order chi connectivity index (χ0) is 11.4. The number of hydrogen-bond acceptors (Lipinski definition) is 3. The molecule has 0 amide bonds. The molecule has 0 aliphatic heterocycles. The van der Waals surface area contributed by atoms with Crippen molar-refractivity contribution in [3.63, 3.8) is 0 Å². The zero-order valence-corrected chi connectivity index (χ0v) is 11.0. The second-order valence-electron chi connectivity index (χ2n) is 4.19. The second kappa shape index (κ2) is 5.35. The van der Waals surface area contributed by atoms with Gasteiger partial charge in [-0.25, -0.2) is 4.98 Å². The Labute approximate surface area is 99.6 Å². The van der Waals surface area contributed by atoms with E-state index in [9.17, 15) is 0 Å². The maximum atomic E-state index is 5.83. The summed E-state index contributed by atoms with van der Waals surface area (Å²) >= 11 is 3.33. The summed E-state index contributed by atoms with van der Waals surface area (Å²) in [5, 5.41) is 3.26. The van der Waals surface area contributed by atoms with Crippen molar-refractivity contribution in [2.24, 2.45) is 11.8 Å². The summed E-state index contributed by atoms with van der Waals surface area (Å²) < 4.78 is 0.905. The van der Waals surface area contributed by atoms with Gasteiger partial charge >= 0.3 is 0 Å². The van der Waals surface area contributed by atoms with Gasteiger partial charge in [-0.1, -0.05) is 20.8 Å². The summed E-state index contributed by atoms with van der Waals surface area (Å²) in [4.78, 5) is 4.23. The Balaban J connectivity index is 2.58. The van der Waals surface area contributed by atoms with Gasteiger partial charge in [0.05, 0.1) is 5.69 Å². The molecular weight excluding hydrogens is 254 g/mol. The Morgan fingerprint density at radius 3 is 2.67 bits per heavy atom. The highest BCUT2D eigenvalue weighted by atomic mass is 79.9. The van der Waals surface area contributed by atoms with E-state index in [-0.39, 0.29) is 0 Å². The van der Waals surface area contributed by atoms with E-state index in [1.807, 2.05) is 6.07 Å². The van der Waals surface area contributed by atoms with Crippen molar-refractivity contribution < 1.29 is 0 Å². The standard InChI is InChI=1S/C11H18BrN3/c1-7(2)8(3)5-14-11-10(13)4-9(12)6-15-11/h4,6-8H,5,13H2,1-3H3,(H,14,15). The number of hydrogen-bond donors (Lipinski definition) is 2. The average Bonchev–Trinajstić information content (AvgIpc) is 2.15. The van der Waals surface area contributed by atoms with E-state index >= 15 is 0 Å². The summed E-state index contributed by atoms with van der Waals surface area (Å²) in [6, 6.07) is 1.86. The van der Waals surface area contributed by atoms with Crippen molar-refractivity contribution in [2.75, 3.05) is 17.6 Å². The van der Waals surface area contributed by atoms with E-state index in [0.29, 0.717) is 17.5 Å². The average molecular weight is 272 g/mol. The van der Waals surface area contributed by atoms with Gasteiger partial charge in [0.25, 0.3) is 0 Å². The maximum absolute atomic E-state index is 5.83. The molecular formula is C11H18BrN3. The van der Waals surface area contributed by atoms with Crippen molar-refractivity contribution in [1.82, 2.24) is 4.98 Å². The van der Waals surface area contributed by atoms with E-state index in [2.05, 4.69) is 47.0 Å².